The Balaban J connectivity index is 1.81. The third-order valence-corrected chi connectivity index (χ3v) is 6.85. The summed E-state index contributed by atoms with van der Waals surface area (Å²) in [5.74, 6) is -6.84. The molecule has 0 radical (unpaired) electrons. The first-order valence-corrected chi connectivity index (χ1v) is 12.7. The van der Waals surface area contributed by atoms with Crippen molar-refractivity contribution >= 4 is 29.2 Å². The highest BCUT2D eigenvalue weighted by atomic mass is 19.3. The van der Waals surface area contributed by atoms with Crippen LogP contribution in [0.15, 0.2) is 36.4 Å². The van der Waals surface area contributed by atoms with Crippen molar-refractivity contribution in [3.05, 3.63) is 76.1 Å². The maximum Gasteiger partial charge on any atom is 0.273 e. The van der Waals surface area contributed by atoms with Crippen molar-refractivity contribution in [2.45, 2.75) is 33.6 Å². The second-order valence-corrected chi connectivity index (χ2v) is 9.43. The molecule has 1 aromatic heterocycles. The van der Waals surface area contributed by atoms with Gasteiger partial charge in [-0.05, 0) is 43.8 Å². The van der Waals surface area contributed by atoms with Crippen molar-refractivity contribution in [1.29, 1.82) is 0 Å². The zero-order chi connectivity index (χ0) is 28.5. The van der Waals surface area contributed by atoms with Crippen LogP contribution in [0.1, 0.15) is 53.6 Å². The van der Waals surface area contributed by atoms with Crippen molar-refractivity contribution in [3.63, 3.8) is 0 Å². The first kappa shape index (κ1) is 28.1. The van der Waals surface area contributed by atoms with Crippen LogP contribution in [0.3, 0.4) is 0 Å². The molecule has 0 unspecified atom stereocenters. The van der Waals surface area contributed by atoms with Crippen molar-refractivity contribution in [2.75, 3.05) is 31.5 Å². The van der Waals surface area contributed by atoms with Crippen LogP contribution in [0, 0.1) is 18.6 Å². The summed E-state index contributed by atoms with van der Waals surface area (Å²) in [5, 5.41) is 5.37. The lowest BCUT2D eigenvalue weighted by Crippen LogP contribution is -2.35. The number of alkyl halides is 2. The van der Waals surface area contributed by atoms with Gasteiger partial charge in [0.1, 0.15) is 0 Å². The highest BCUT2D eigenvalue weighted by Gasteiger charge is 2.37. The number of aryl methyl sites for hydroxylation is 1. The van der Waals surface area contributed by atoms with E-state index in [2.05, 4.69) is 20.5 Å². The Bertz CT molecular complexity index is 1450. The Morgan fingerprint density at radius 2 is 1.74 bits per heavy atom. The molecule has 2 heterocycles. The molecule has 1 aliphatic heterocycles. The number of benzene rings is 2. The normalized spacial score (nSPS) is 14.2. The Hall–Kier alpha value is -3.92. The van der Waals surface area contributed by atoms with Crippen molar-refractivity contribution < 1.29 is 27.2 Å². The SMILES string of the molecule is CCN(CC)CCNC(=O)c1c(C)[nH]c(/C=C2\C(=O)Nc3cccc(-c4cccc(F)c4F)c32)c1C(C)(F)F. The zero-order valence-electron chi connectivity index (χ0n) is 22.1. The number of nitrogens with one attached hydrogen (secondary N) is 3. The van der Waals surface area contributed by atoms with Gasteiger partial charge < -0.3 is 20.5 Å². The van der Waals surface area contributed by atoms with E-state index in [9.17, 15) is 27.2 Å². The van der Waals surface area contributed by atoms with Crippen molar-refractivity contribution in [3.8, 4) is 11.1 Å². The summed E-state index contributed by atoms with van der Waals surface area (Å²) in [6.07, 6.45) is 1.23. The highest BCUT2D eigenvalue weighted by molar-refractivity contribution is 6.36. The van der Waals surface area contributed by atoms with E-state index in [1.807, 2.05) is 13.8 Å². The van der Waals surface area contributed by atoms with E-state index in [1.165, 1.54) is 31.2 Å². The molecule has 6 nitrogen and oxygen atoms in total. The van der Waals surface area contributed by atoms with Gasteiger partial charge in [0.2, 0.25) is 0 Å². The summed E-state index contributed by atoms with van der Waals surface area (Å²) in [6.45, 7) is 8.58. The van der Waals surface area contributed by atoms with Crippen LogP contribution in [0.5, 0.6) is 0 Å². The first-order chi connectivity index (χ1) is 18.5. The van der Waals surface area contributed by atoms with Gasteiger partial charge >= 0.3 is 0 Å². The maximum absolute atomic E-state index is 15.0. The number of halogens is 4. The summed E-state index contributed by atoms with van der Waals surface area (Å²) in [7, 11) is 0. The van der Waals surface area contributed by atoms with Crippen LogP contribution in [-0.4, -0.2) is 47.9 Å². The third kappa shape index (κ3) is 5.47. The van der Waals surface area contributed by atoms with Gasteiger partial charge in [0.05, 0.1) is 16.7 Å². The molecule has 206 valence electrons. The number of aromatic nitrogens is 1. The number of likely N-dealkylation sites (N-methyl/N-ethyl adjacent to an activating group) is 1. The topological polar surface area (TPSA) is 77.2 Å². The van der Waals surface area contributed by atoms with Crippen molar-refractivity contribution in [2.24, 2.45) is 0 Å². The van der Waals surface area contributed by atoms with Gasteiger partial charge in [-0.3, -0.25) is 9.59 Å². The van der Waals surface area contributed by atoms with Gasteiger partial charge in [-0.25, -0.2) is 17.6 Å². The molecule has 10 heteroatoms. The molecule has 0 fully saturated rings. The first-order valence-electron chi connectivity index (χ1n) is 12.7. The van der Waals surface area contributed by atoms with Crippen LogP contribution in [0.2, 0.25) is 0 Å². The lowest BCUT2D eigenvalue weighted by atomic mass is 9.93. The number of nitrogens with zero attached hydrogens (tertiary/aromatic N) is 1. The van der Waals surface area contributed by atoms with E-state index in [1.54, 1.807) is 12.1 Å². The molecule has 0 aliphatic carbocycles. The maximum atomic E-state index is 15.0. The van der Waals surface area contributed by atoms with Gasteiger partial charge in [0, 0.05) is 48.2 Å². The summed E-state index contributed by atoms with van der Waals surface area (Å²) < 4.78 is 58.7. The molecule has 0 bridgehead atoms. The van der Waals surface area contributed by atoms with E-state index in [0.29, 0.717) is 19.2 Å². The van der Waals surface area contributed by atoms with E-state index < -0.39 is 34.9 Å². The lowest BCUT2D eigenvalue weighted by molar-refractivity contribution is -0.110. The number of carbonyl (C=O) groups excluding carboxylic acids is 2. The van der Waals surface area contributed by atoms with E-state index >= 15 is 0 Å². The van der Waals surface area contributed by atoms with Crippen molar-refractivity contribution in [1.82, 2.24) is 15.2 Å². The average molecular weight is 543 g/mol. The fourth-order valence-corrected chi connectivity index (χ4v) is 4.92. The monoisotopic (exact) mass is 542 g/mol. The summed E-state index contributed by atoms with van der Waals surface area (Å²) in [5.41, 5.74) is 0.0284. The van der Waals surface area contributed by atoms with E-state index in [4.69, 9.17) is 0 Å². The third-order valence-electron chi connectivity index (χ3n) is 6.85. The molecule has 3 N–H and O–H groups in total. The van der Waals surface area contributed by atoms with Gasteiger partial charge in [-0.1, -0.05) is 38.1 Å². The molecule has 0 atom stereocenters. The standard InChI is InChI=1S/C29H30F4N4O2/c1-5-37(6-2)14-13-34-28(39)23-16(3)35-22(25(23)29(4,32)33)15-19-24-17(9-8-12-21(24)36-27(19)38)18-10-7-11-20(30)26(18)31/h7-12,15,35H,5-6,13-14H2,1-4H3,(H,34,39)(H,36,38)/b19-15-. The lowest BCUT2D eigenvalue weighted by Gasteiger charge is -2.18. The minimum atomic E-state index is -3.44. The molecule has 2 aromatic carbocycles. The minimum Gasteiger partial charge on any atom is -0.358 e. The second-order valence-electron chi connectivity index (χ2n) is 9.43. The Morgan fingerprint density at radius 1 is 1.08 bits per heavy atom. The quantitative estimate of drug-likeness (QED) is 0.231. The Kier molecular flexibility index (Phi) is 7.96. The van der Waals surface area contributed by atoms with Crippen LogP contribution < -0.4 is 10.6 Å². The molecule has 2 amide bonds. The Morgan fingerprint density at radius 3 is 2.41 bits per heavy atom. The van der Waals surface area contributed by atoms with Crippen LogP contribution in [0.25, 0.3) is 22.8 Å². The number of anilines is 1. The summed E-state index contributed by atoms with van der Waals surface area (Å²) in [4.78, 5) is 31.0. The molecule has 0 saturated carbocycles. The number of hydrogen-bond donors (Lipinski definition) is 3. The van der Waals surface area contributed by atoms with Gasteiger partial charge in [0.15, 0.2) is 11.6 Å². The minimum absolute atomic E-state index is 0.0236. The molecular weight excluding hydrogens is 512 g/mol. The van der Waals surface area contributed by atoms with Crippen LogP contribution in [-0.2, 0) is 10.7 Å². The predicted octanol–water partition coefficient (Wildman–Crippen LogP) is 5.94. The predicted molar refractivity (Wildman–Crippen MR) is 144 cm³/mol. The molecule has 39 heavy (non-hydrogen) atoms. The van der Waals surface area contributed by atoms with E-state index in [-0.39, 0.29) is 45.8 Å². The van der Waals surface area contributed by atoms with E-state index in [0.717, 1.165) is 19.2 Å². The number of hydrogen-bond acceptors (Lipinski definition) is 3. The van der Waals surface area contributed by atoms with Gasteiger partial charge in [-0.15, -0.1) is 0 Å². The zero-order valence-corrected chi connectivity index (χ0v) is 22.1. The number of rotatable bonds is 9. The molecule has 3 aromatic rings. The van der Waals surface area contributed by atoms with Gasteiger partial charge in [0.25, 0.3) is 17.7 Å². The number of amides is 2. The van der Waals surface area contributed by atoms with Crippen LogP contribution in [0.4, 0.5) is 23.2 Å². The smallest absolute Gasteiger partial charge is 0.273 e. The highest BCUT2D eigenvalue weighted by Crippen LogP contribution is 2.43. The largest absolute Gasteiger partial charge is 0.358 e. The number of aromatic amines is 1. The second kappa shape index (κ2) is 11.1. The number of H-pyrrole nitrogens is 1. The number of fused-ring (bicyclic) bond motifs is 1. The molecular formula is C29H30F4N4O2. The molecule has 0 spiro atoms. The molecule has 4 rings (SSSR count). The van der Waals surface area contributed by atoms with Gasteiger partial charge in [-0.2, -0.15) is 0 Å². The summed E-state index contributed by atoms with van der Waals surface area (Å²) in [6, 6.07) is 8.38. The Labute approximate surface area is 224 Å². The average Bonchev–Trinajstić information content (AvgIpc) is 3.39. The molecule has 0 saturated heterocycles. The summed E-state index contributed by atoms with van der Waals surface area (Å²) >= 11 is 0. The molecule has 1 aliphatic rings. The fourth-order valence-electron chi connectivity index (χ4n) is 4.92. The fraction of sp³-hybridized carbons (Fsp3) is 0.310. The van der Waals surface area contributed by atoms with Crippen LogP contribution >= 0.6 is 0 Å². The number of carbonyl (C=O) groups is 2.